The maximum absolute atomic E-state index is 14.6. The molecule has 0 unspecified atom stereocenters. The van der Waals surface area contributed by atoms with E-state index >= 15 is 0 Å². The molecule has 11 heterocycles. The van der Waals surface area contributed by atoms with E-state index in [-0.39, 0.29) is 98.4 Å². The van der Waals surface area contributed by atoms with Gasteiger partial charge >= 0.3 is 6.09 Å². The Labute approximate surface area is 577 Å². The van der Waals surface area contributed by atoms with Gasteiger partial charge in [0.1, 0.15) is 93.4 Å². The molecular weight excluding hydrogens is 1350 g/mol. The van der Waals surface area contributed by atoms with Gasteiger partial charge in [-0.25, -0.2) is 44.9 Å². The molecule has 0 spiro atoms. The number of aliphatic hydroxyl groups excluding tert-OH is 1. The molecule has 6 fully saturated rings. The predicted molar refractivity (Wildman–Crippen MR) is 339 cm³/mol. The van der Waals surface area contributed by atoms with Gasteiger partial charge in [-0.05, 0) is 126 Å². The van der Waals surface area contributed by atoms with Crippen LogP contribution in [0, 0.1) is 97.9 Å². The van der Waals surface area contributed by atoms with Crippen molar-refractivity contribution in [3.63, 3.8) is 0 Å². The summed E-state index contributed by atoms with van der Waals surface area (Å²) in [5.74, 6) is -5.52. The summed E-state index contributed by atoms with van der Waals surface area (Å²) in [5.41, 5.74) is 9.87. The van der Waals surface area contributed by atoms with Crippen LogP contribution in [0.2, 0.25) is 0 Å². The molecule has 7 aliphatic rings. The number of aryl methyl sites for hydroxylation is 4. The van der Waals surface area contributed by atoms with Crippen LogP contribution >= 0.6 is 0 Å². The number of carbonyl (C=O) groups excluding carboxylic acids is 3. The van der Waals surface area contributed by atoms with Gasteiger partial charge in [0.2, 0.25) is 11.8 Å². The molecule has 540 valence electrons. The molecule has 4 aromatic heterocycles. The maximum atomic E-state index is 14.6. The number of halogens is 8. The topological polar surface area (TPSA) is 317 Å². The number of aliphatic hydroxyl groups is 1. The van der Waals surface area contributed by atoms with Crippen molar-refractivity contribution in [2.45, 2.75) is 99.9 Å². The second kappa shape index (κ2) is 28.5. The van der Waals surface area contributed by atoms with Gasteiger partial charge in [0.05, 0.1) is 73.2 Å². The van der Waals surface area contributed by atoms with Crippen LogP contribution in [0.25, 0.3) is 0 Å². The number of guanidine groups is 1. The van der Waals surface area contributed by atoms with Crippen molar-refractivity contribution in [2.75, 3.05) is 53.7 Å². The number of cyclic esters (lactones) is 1. The number of nitrogens with zero attached hydrogens (tertiary/aromatic N) is 7. The van der Waals surface area contributed by atoms with Gasteiger partial charge < -0.3 is 73.9 Å². The lowest BCUT2D eigenvalue weighted by atomic mass is 9.71. The number of rotatable bonds is 9. The van der Waals surface area contributed by atoms with Crippen LogP contribution in [-0.2, 0) is 55.4 Å². The fraction of sp³-hybridized carbons (Fsp3) is 0.400. The molecule has 8 aromatic rings. The molecule has 4 aromatic carbocycles. The third-order valence-electron chi connectivity index (χ3n) is 19.7. The lowest BCUT2D eigenvalue weighted by Gasteiger charge is -2.51. The number of benzene rings is 4. The molecule has 12 atom stereocenters. The SMILES string of the molecule is C=C1N[C@@]2(c3cc(F)ccc3F)CO[C@@H](c3cc(C)no3)C[C@H]2C(=O)N1C.Cc1cc([C@H]2C[C@@H](CO)[C@](N)(c3cc(F)ccc3F)CO2)on1.Cc1cc([C@H]2C[C@H]3C(=O)N(C)C(N)=N[C@@]3(c3cc(F)ccc3F)CO2)on1.Cc1cc([C@H]2C[C@H]3COC(=O)N[C@@]3(c3cc(F)ccc3F)CO2)on1. The summed E-state index contributed by atoms with van der Waals surface area (Å²) < 4.78 is 162. The minimum Gasteiger partial charge on any atom is -0.449 e. The van der Waals surface area contributed by atoms with Crippen LogP contribution in [0.5, 0.6) is 0 Å². The molecule has 0 radical (unpaired) electrons. The Bertz CT molecular complexity index is 4510. The van der Waals surface area contributed by atoms with Crippen molar-refractivity contribution in [2.24, 2.45) is 40.1 Å². The highest BCUT2D eigenvalue weighted by molar-refractivity contribution is 6.00. The summed E-state index contributed by atoms with van der Waals surface area (Å²) in [6.45, 7) is 10.5. The number of hydrogen-bond donors (Lipinski definition) is 5. The Balaban J connectivity index is 0.000000129. The molecule has 7 aliphatic heterocycles. The van der Waals surface area contributed by atoms with Crippen LogP contribution in [-0.4, -0.2) is 113 Å². The number of fused-ring (bicyclic) bond motifs is 3. The van der Waals surface area contributed by atoms with Crippen molar-refractivity contribution >= 4 is 23.9 Å². The number of amides is 3. The Morgan fingerprint density at radius 3 is 1.41 bits per heavy atom. The van der Waals surface area contributed by atoms with E-state index in [9.17, 15) is 54.6 Å². The van der Waals surface area contributed by atoms with Crippen molar-refractivity contribution in [3.05, 3.63) is 224 Å². The highest BCUT2D eigenvalue weighted by atomic mass is 19.2. The van der Waals surface area contributed by atoms with E-state index in [0.717, 1.165) is 78.5 Å². The van der Waals surface area contributed by atoms with Crippen molar-refractivity contribution in [3.8, 4) is 0 Å². The van der Waals surface area contributed by atoms with E-state index in [0.29, 0.717) is 58.8 Å². The second-order valence-electron chi connectivity index (χ2n) is 26.3. The van der Waals surface area contributed by atoms with E-state index in [4.69, 9.17) is 53.2 Å². The lowest BCUT2D eigenvalue weighted by Crippen LogP contribution is -2.65. The highest BCUT2D eigenvalue weighted by Gasteiger charge is 2.58. The second-order valence-corrected chi connectivity index (χ2v) is 26.3. The van der Waals surface area contributed by atoms with Crippen molar-refractivity contribution in [1.29, 1.82) is 0 Å². The number of alkyl carbamates (subject to hydrolysis) is 1. The number of nitrogens with one attached hydrogen (secondary N) is 2. The van der Waals surface area contributed by atoms with Gasteiger partial charge in [-0.3, -0.25) is 14.5 Å². The summed E-state index contributed by atoms with van der Waals surface area (Å²) in [4.78, 5) is 44.8. The molecular formula is C70H71F8N11O13. The summed E-state index contributed by atoms with van der Waals surface area (Å²) in [5, 5.41) is 30.8. The van der Waals surface area contributed by atoms with Crippen LogP contribution in [0.3, 0.4) is 0 Å². The van der Waals surface area contributed by atoms with Crippen LogP contribution in [0.1, 0.15) is 118 Å². The van der Waals surface area contributed by atoms with Gasteiger partial charge in [-0.1, -0.05) is 27.2 Å². The van der Waals surface area contributed by atoms with Gasteiger partial charge in [0.25, 0.3) is 0 Å². The molecule has 15 rings (SSSR count). The number of nitrogens with two attached hydrogens (primary N) is 2. The molecule has 102 heavy (non-hydrogen) atoms. The third kappa shape index (κ3) is 13.8. The summed E-state index contributed by atoms with van der Waals surface area (Å²) in [6.07, 6.45) is -1.44. The maximum Gasteiger partial charge on any atom is 0.407 e. The standard InChI is InChI=1S/C19H19F2N3O3.C18H18F2N4O3.C17H16F2N2O4.C16H18F2N2O3/c1-10-6-17(27-23-10)16-8-14-18(25)24(3)11(2)22-19(14,9-26-16)13-7-12(20)4-5-15(13)21;1-9-5-15(27-23-9)14-7-12-16(25)24(2)17(21)22-18(12,8-26-14)11-6-10(19)3-4-13(11)20;1-9-4-15(25-21-9)14-5-10-7-23-16(22)20-17(10,8-24-14)12-6-11(18)2-3-13(12)19;1-9-4-15(23-20-9)14-5-10(7-21)16(19,8-22-14)12-6-11(17)2-3-13(12)18/h4-7,14,16,22H,2,8-9H2,1,3H3;3-6,12,14H,7-8H2,1-2H3,(H2,21,22);2-4,6,10,14H,5,7-8H2,1H3,(H,20,22);2-4,6,10,14,21H,5,7-8,19H2,1H3/t14-,16+,19+;12-,14+,18+;10-,14+,17-;10-,14+,16-/m0000/s1. The summed E-state index contributed by atoms with van der Waals surface area (Å²) in [6, 6.07) is 19.5. The van der Waals surface area contributed by atoms with Gasteiger partial charge in [0.15, 0.2) is 29.0 Å². The Morgan fingerprint density at radius 2 is 0.922 bits per heavy atom. The number of aliphatic imine (C=N–C) groups is 1. The van der Waals surface area contributed by atoms with E-state index < -0.39 is 117 Å². The van der Waals surface area contributed by atoms with Crippen molar-refractivity contribution in [1.82, 2.24) is 41.1 Å². The molecule has 0 aliphatic carbocycles. The molecule has 32 heteroatoms. The summed E-state index contributed by atoms with van der Waals surface area (Å²) in [7, 11) is 3.09. The first-order valence-corrected chi connectivity index (χ1v) is 32.3. The monoisotopic (exact) mass is 1430 g/mol. The number of hydrogen-bond acceptors (Lipinski definition) is 21. The average molecular weight is 1430 g/mol. The zero-order valence-corrected chi connectivity index (χ0v) is 55.8. The number of ether oxygens (including phenoxy) is 5. The fourth-order valence-electron chi connectivity index (χ4n) is 14.2. The quantitative estimate of drug-likeness (QED) is 0.0839. The Kier molecular flexibility index (Phi) is 20.1. The van der Waals surface area contributed by atoms with Gasteiger partial charge in [-0.2, -0.15) is 0 Å². The normalized spacial score (nSPS) is 28.3. The zero-order chi connectivity index (χ0) is 72.9. The molecule has 3 amide bonds. The largest absolute Gasteiger partial charge is 0.449 e. The summed E-state index contributed by atoms with van der Waals surface area (Å²) >= 11 is 0. The molecule has 6 saturated heterocycles. The smallest absolute Gasteiger partial charge is 0.407 e. The number of aromatic nitrogens is 4. The molecule has 0 bridgehead atoms. The highest BCUT2D eigenvalue weighted by Crippen LogP contribution is 2.51. The van der Waals surface area contributed by atoms with Crippen LogP contribution in [0.4, 0.5) is 39.9 Å². The van der Waals surface area contributed by atoms with E-state index in [1.54, 1.807) is 59.0 Å². The number of carbonyl (C=O) groups is 3. The van der Waals surface area contributed by atoms with Gasteiger partial charge in [-0.15, -0.1) is 0 Å². The van der Waals surface area contributed by atoms with Crippen LogP contribution in [0.15, 0.2) is 133 Å². The van der Waals surface area contributed by atoms with E-state index in [1.165, 1.54) is 16.8 Å². The Morgan fingerprint density at radius 1 is 0.520 bits per heavy atom. The predicted octanol–water partition coefficient (Wildman–Crippen LogP) is 9.95. The average Bonchev–Trinajstić information content (AvgIpc) is 0.836. The zero-order valence-electron chi connectivity index (χ0n) is 55.8. The molecule has 7 N–H and O–H groups in total. The molecule has 0 saturated carbocycles. The van der Waals surface area contributed by atoms with Gasteiger partial charge in [0, 0.05) is 79.1 Å². The fourth-order valence-corrected chi connectivity index (χ4v) is 14.2. The van der Waals surface area contributed by atoms with Crippen molar-refractivity contribution < 1.29 is 96.4 Å². The Hall–Kier alpha value is -9.86. The molecule has 24 nitrogen and oxygen atoms in total. The lowest BCUT2D eigenvalue weighted by molar-refractivity contribution is -0.156. The van der Waals surface area contributed by atoms with E-state index in [2.05, 4.69) is 42.8 Å². The minimum atomic E-state index is -1.44. The van der Waals surface area contributed by atoms with E-state index in [1.807, 2.05) is 0 Å². The van der Waals surface area contributed by atoms with Crippen LogP contribution < -0.4 is 22.1 Å². The first-order valence-electron chi connectivity index (χ1n) is 32.3. The minimum absolute atomic E-state index is 0.00347. The third-order valence-corrected chi connectivity index (χ3v) is 19.7. The first-order chi connectivity index (χ1) is 48.5. The first kappa shape index (κ1) is 71.9.